The normalized spacial score (nSPS) is 26.6. The molecule has 2 atom stereocenters. The zero-order valence-electron chi connectivity index (χ0n) is 12.7. The summed E-state index contributed by atoms with van der Waals surface area (Å²) in [5.74, 6) is 1.81. The number of nitrogens with one attached hydrogen (secondary N) is 2. The van der Waals surface area contributed by atoms with Crippen molar-refractivity contribution < 1.29 is 4.79 Å². The van der Waals surface area contributed by atoms with Gasteiger partial charge in [0.15, 0.2) is 5.82 Å². The van der Waals surface area contributed by atoms with Crippen molar-refractivity contribution in [1.82, 2.24) is 30.8 Å². The lowest BCUT2D eigenvalue weighted by molar-refractivity contribution is 0.194. The van der Waals surface area contributed by atoms with Gasteiger partial charge in [0.1, 0.15) is 0 Å². The number of aromatic nitrogens is 4. The molecule has 0 bridgehead atoms. The molecule has 2 aliphatic carbocycles. The second-order valence-electron chi connectivity index (χ2n) is 6.51. The number of tetrazole rings is 1. The van der Waals surface area contributed by atoms with E-state index in [-0.39, 0.29) is 12.1 Å². The predicted molar refractivity (Wildman–Crippen MR) is 77.4 cm³/mol. The lowest BCUT2D eigenvalue weighted by atomic mass is 9.79. The van der Waals surface area contributed by atoms with Crippen LogP contribution in [0.5, 0.6) is 0 Å². The summed E-state index contributed by atoms with van der Waals surface area (Å²) in [6.07, 6.45) is 5.89. The number of urea groups is 1. The minimum Gasteiger partial charge on any atom is -0.335 e. The number of carbonyl (C=O) groups is 1. The number of carbonyl (C=O) groups excluding carboxylic acids is 1. The molecule has 1 aromatic heterocycles. The standard InChI is InChI=1S/C14H24N6O/c1-9-4-3-5-10(2)13(9)16-14(21)15-8-12-17-18-19-20(12)11-6-7-11/h9-11,13H,3-8H2,1-2H3,(H2,15,16,21)/t9-,10-/m0/s1. The van der Waals surface area contributed by atoms with Crippen LogP contribution in [0.25, 0.3) is 0 Å². The van der Waals surface area contributed by atoms with Crippen molar-refractivity contribution in [2.24, 2.45) is 11.8 Å². The van der Waals surface area contributed by atoms with E-state index < -0.39 is 0 Å². The highest BCUT2D eigenvalue weighted by Gasteiger charge is 2.30. The molecule has 116 valence electrons. The molecule has 7 nitrogen and oxygen atoms in total. The summed E-state index contributed by atoms with van der Waals surface area (Å²) < 4.78 is 1.83. The van der Waals surface area contributed by atoms with Gasteiger partial charge < -0.3 is 10.6 Å². The van der Waals surface area contributed by atoms with Gasteiger partial charge in [0.25, 0.3) is 0 Å². The zero-order valence-corrected chi connectivity index (χ0v) is 12.7. The van der Waals surface area contributed by atoms with E-state index in [1.807, 2.05) is 4.68 Å². The average molecular weight is 292 g/mol. The molecule has 0 radical (unpaired) electrons. The molecule has 3 rings (SSSR count). The Hall–Kier alpha value is -1.66. The summed E-state index contributed by atoms with van der Waals surface area (Å²) in [5.41, 5.74) is 0. The smallest absolute Gasteiger partial charge is 0.315 e. The Morgan fingerprint density at radius 2 is 1.95 bits per heavy atom. The maximum absolute atomic E-state index is 12.1. The Morgan fingerprint density at radius 1 is 1.24 bits per heavy atom. The average Bonchev–Trinajstić information content (AvgIpc) is 3.19. The topological polar surface area (TPSA) is 84.7 Å². The zero-order chi connectivity index (χ0) is 14.8. The molecule has 7 heteroatoms. The number of amides is 2. The number of hydrogen-bond donors (Lipinski definition) is 2. The van der Waals surface area contributed by atoms with Crippen molar-refractivity contribution in [3.8, 4) is 0 Å². The Kier molecular flexibility index (Phi) is 4.07. The predicted octanol–water partition coefficient (Wildman–Crippen LogP) is 1.63. The second kappa shape index (κ2) is 5.99. The van der Waals surface area contributed by atoms with Crippen LogP contribution in [0.4, 0.5) is 4.79 Å². The van der Waals surface area contributed by atoms with Crippen LogP contribution in [0.15, 0.2) is 0 Å². The Bertz CT molecular complexity index is 487. The summed E-state index contributed by atoms with van der Waals surface area (Å²) in [6, 6.07) is 0.572. The van der Waals surface area contributed by atoms with Crippen LogP contribution in [0, 0.1) is 11.8 Å². The van der Waals surface area contributed by atoms with Gasteiger partial charge in [0.05, 0.1) is 12.6 Å². The van der Waals surface area contributed by atoms with Crippen LogP contribution < -0.4 is 10.6 Å². The number of hydrogen-bond acceptors (Lipinski definition) is 4. The molecule has 2 saturated carbocycles. The second-order valence-corrected chi connectivity index (χ2v) is 6.51. The summed E-state index contributed by atoms with van der Waals surface area (Å²) in [5, 5.41) is 17.7. The van der Waals surface area contributed by atoms with E-state index in [1.54, 1.807) is 0 Å². The van der Waals surface area contributed by atoms with E-state index in [4.69, 9.17) is 0 Å². The molecule has 0 aliphatic heterocycles. The van der Waals surface area contributed by atoms with Crippen molar-refractivity contribution >= 4 is 6.03 Å². The third-order valence-corrected chi connectivity index (χ3v) is 4.70. The van der Waals surface area contributed by atoms with Gasteiger partial charge >= 0.3 is 6.03 Å². The van der Waals surface area contributed by atoms with E-state index in [1.165, 1.54) is 19.3 Å². The van der Waals surface area contributed by atoms with Crippen LogP contribution >= 0.6 is 0 Å². The molecule has 2 fully saturated rings. The van der Waals surface area contributed by atoms with Gasteiger partial charge in [-0.3, -0.25) is 0 Å². The molecule has 2 N–H and O–H groups in total. The van der Waals surface area contributed by atoms with Gasteiger partial charge in [-0.15, -0.1) is 5.10 Å². The molecule has 0 spiro atoms. The van der Waals surface area contributed by atoms with Gasteiger partial charge in [-0.1, -0.05) is 20.3 Å². The van der Waals surface area contributed by atoms with Crippen LogP contribution in [-0.2, 0) is 6.54 Å². The highest BCUT2D eigenvalue weighted by atomic mass is 16.2. The van der Waals surface area contributed by atoms with Crippen molar-refractivity contribution in [3.63, 3.8) is 0 Å². The molecule has 0 aromatic carbocycles. The van der Waals surface area contributed by atoms with Gasteiger partial charge in [-0.2, -0.15) is 0 Å². The Labute approximate surface area is 124 Å². The monoisotopic (exact) mass is 292 g/mol. The molecular formula is C14H24N6O. The summed E-state index contributed by atoms with van der Waals surface area (Å²) in [6.45, 7) is 4.81. The number of rotatable bonds is 4. The molecule has 2 aliphatic rings. The van der Waals surface area contributed by atoms with Crippen LogP contribution in [0.1, 0.15) is 57.8 Å². The lowest BCUT2D eigenvalue weighted by Gasteiger charge is -2.35. The maximum Gasteiger partial charge on any atom is 0.315 e. The first-order valence-electron chi connectivity index (χ1n) is 7.96. The van der Waals surface area contributed by atoms with Crippen molar-refractivity contribution in [3.05, 3.63) is 5.82 Å². The van der Waals surface area contributed by atoms with Gasteiger partial charge in [0, 0.05) is 6.04 Å². The van der Waals surface area contributed by atoms with E-state index in [9.17, 15) is 4.79 Å². The quantitative estimate of drug-likeness (QED) is 0.883. The van der Waals surface area contributed by atoms with E-state index >= 15 is 0 Å². The van der Waals surface area contributed by atoms with Crippen LogP contribution in [-0.4, -0.2) is 32.3 Å². The molecule has 0 saturated heterocycles. The molecule has 21 heavy (non-hydrogen) atoms. The minimum atomic E-state index is -0.119. The highest BCUT2D eigenvalue weighted by molar-refractivity contribution is 5.74. The largest absolute Gasteiger partial charge is 0.335 e. The van der Waals surface area contributed by atoms with E-state index in [0.717, 1.165) is 18.7 Å². The van der Waals surface area contributed by atoms with Crippen LogP contribution in [0.2, 0.25) is 0 Å². The maximum atomic E-state index is 12.1. The Morgan fingerprint density at radius 3 is 2.62 bits per heavy atom. The van der Waals surface area contributed by atoms with Crippen LogP contribution in [0.3, 0.4) is 0 Å². The molecule has 0 unspecified atom stereocenters. The third kappa shape index (κ3) is 3.33. The first kappa shape index (κ1) is 14.3. The van der Waals surface area contributed by atoms with Gasteiger partial charge in [-0.05, 0) is 47.9 Å². The minimum absolute atomic E-state index is 0.119. The third-order valence-electron chi connectivity index (χ3n) is 4.70. The van der Waals surface area contributed by atoms with E-state index in [2.05, 4.69) is 40.0 Å². The van der Waals surface area contributed by atoms with Gasteiger partial charge in [-0.25, -0.2) is 9.48 Å². The first-order valence-corrected chi connectivity index (χ1v) is 7.96. The van der Waals surface area contributed by atoms with Crippen molar-refractivity contribution in [2.75, 3.05) is 0 Å². The first-order chi connectivity index (χ1) is 10.1. The fraction of sp³-hybridized carbons (Fsp3) is 0.857. The summed E-state index contributed by atoms with van der Waals surface area (Å²) in [7, 11) is 0. The summed E-state index contributed by atoms with van der Waals surface area (Å²) in [4.78, 5) is 12.1. The van der Waals surface area contributed by atoms with E-state index in [0.29, 0.717) is 24.4 Å². The molecule has 1 aromatic rings. The molecule has 2 amide bonds. The fourth-order valence-corrected chi connectivity index (χ4v) is 3.26. The number of nitrogens with zero attached hydrogens (tertiary/aromatic N) is 4. The fourth-order valence-electron chi connectivity index (χ4n) is 3.26. The van der Waals surface area contributed by atoms with Gasteiger partial charge in [0.2, 0.25) is 0 Å². The lowest BCUT2D eigenvalue weighted by Crippen LogP contribution is -2.49. The molecular weight excluding hydrogens is 268 g/mol. The van der Waals surface area contributed by atoms with Crippen molar-refractivity contribution in [2.45, 2.75) is 64.6 Å². The Balaban J connectivity index is 1.50. The summed E-state index contributed by atoms with van der Waals surface area (Å²) >= 11 is 0. The SMILES string of the molecule is C[C@H]1CCC[C@H](C)C1NC(=O)NCc1nnnn1C1CC1. The highest BCUT2D eigenvalue weighted by Crippen LogP contribution is 2.34. The van der Waals surface area contributed by atoms with Crippen molar-refractivity contribution in [1.29, 1.82) is 0 Å². The molecule has 1 heterocycles.